The Kier molecular flexibility index (Phi) is 4.73. The molecule has 1 unspecified atom stereocenters. The van der Waals surface area contributed by atoms with Gasteiger partial charge in [-0.1, -0.05) is 30.7 Å². The summed E-state index contributed by atoms with van der Waals surface area (Å²) in [7, 11) is 0. The van der Waals surface area contributed by atoms with Crippen LogP contribution in [0.5, 0.6) is 0 Å². The van der Waals surface area contributed by atoms with E-state index < -0.39 is 5.82 Å². The first-order chi connectivity index (χ1) is 9.52. The third-order valence-corrected chi connectivity index (χ3v) is 3.54. The molecule has 106 valence electrons. The number of benzene rings is 2. The minimum absolute atomic E-state index is 0.0833. The Balaban J connectivity index is 2.49. The lowest BCUT2D eigenvalue weighted by atomic mass is 9.94. The zero-order valence-electron chi connectivity index (χ0n) is 11.4. The van der Waals surface area contributed by atoms with E-state index in [1.165, 1.54) is 24.3 Å². The van der Waals surface area contributed by atoms with Crippen LogP contribution in [-0.4, -0.2) is 6.54 Å². The summed E-state index contributed by atoms with van der Waals surface area (Å²) < 4.78 is 27.1. The first kappa shape index (κ1) is 14.9. The number of hydrogen-bond acceptors (Lipinski definition) is 1. The number of nitrogens with one attached hydrogen (secondary N) is 1. The maximum Gasteiger partial charge on any atom is 0.142 e. The molecule has 0 aliphatic carbocycles. The monoisotopic (exact) mass is 295 g/mol. The van der Waals surface area contributed by atoms with Gasteiger partial charge in [0.25, 0.3) is 0 Å². The standard InChI is InChI=1S/C16H16ClF2N/c1-3-20-16(11-5-7-14(17)15(19)8-11)13-9-12(18)6-4-10(13)2/h4-9,16,20H,3H2,1-2H3. The number of hydrogen-bond donors (Lipinski definition) is 1. The Morgan fingerprint density at radius 1 is 1.15 bits per heavy atom. The van der Waals surface area contributed by atoms with Crippen molar-refractivity contribution >= 4 is 11.6 Å². The van der Waals surface area contributed by atoms with Gasteiger partial charge in [0, 0.05) is 0 Å². The molecule has 1 nitrogen and oxygen atoms in total. The molecule has 0 saturated heterocycles. The number of halogens is 3. The molecule has 1 N–H and O–H groups in total. The van der Waals surface area contributed by atoms with Crippen molar-refractivity contribution in [3.63, 3.8) is 0 Å². The zero-order chi connectivity index (χ0) is 14.7. The van der Waals surface area contributed by atoms with Crippen molar-refractivity contribution in [2.75, 3.05) is 6.54 Å². The van der Waals surface area contributed by atoms with E-state index in [0.717, 1.165) is 16.7 Å². The van der Waals surface area contributed by atoms with E-state index >= 15 is 0 Å². The van der Waals surface area contributed by atoms with E-state index in [9.17, 15) is 8.78 Å². The van der Waals surface area contributed by atoms with E-state index in [1.54, 1.807) is 12.1 Å². The maximum atomic E-state index is 13.6. The van der Waals surface area contributed by atoms with Crippen LogP contribution in [0, 0.1) is 18.6 Å². The zero-order valence-corrected chi connectivity index (χ0v) is 12.1. The second-order valence-corrected chi connectivity index (χ2v) is 5.07. The highest BCUT2D eigenvalue weighted by Gasteiger charge is 2.17. The fourth-order valence-corrected chi connectivity index (χ4v) is 2.34. The Morgan fingerprint density at radius 2 is 1.90 bits per heavy atom. The Hall–Kier alpha value is -1.45. The van der Waals surface area contributed by atoms with Crippen molar-refractivity contribution in [2.24, 2.45) is 0 Å². The van der Waals surface area contributed by atoms with Gasteiger partial charge in [-0.15, -0.1) is 0 Å². The third-order valence-electron chi connectivity index (χ3n) is 3.24. The largest absolute Gasteiger partial charge is 0.307 e. The van der Waals surface area contributed by atoms with Crippen LogP contribution in [0.3, 0.4) is 0 Å². The van der Waals surface area contributed by atoms with Crippen molar-refractivity contribution in [1.29, 1.82) is 0 Å². The average molecular weight is 296 g/mol. The van der Waals surface area contributed by atoms with Gasteiger partial charge in [0.1, 0.15) is 11.6 Å². The van der Waals surface area contributed by atoms with E-state index in [0.29, 0.717) is 6.54 Å². The fraction of sp³-hybridized carbons (Fsp3) is 0.250. The number of rotatable bonds is 4. The van der Waals surface area contributed by atoms with Crippen molar-refractivity contribution in [1.82, 2.24) is 5.32 Å². The van der Waals surface area contributed by atoms with Crippen LogP contribution >= 0.6 is 11.6 Å². The van der Waals surface area contributed by atoms with Gasteiger partial charge in [-0.05, 0) is 54.4 Å². The summed E-state index contributed by atoms with van der Waals surface area (Å²) in [5.74, 6) is -0.774. The van der Waals surface area contributed by atoms with Gasteiger partial charge in [-0.2, -0.15) is 0 Å². The van der Waals surface area contributed by atoms with E-state index in [-0.39, 0.29) is 16.9 Å². The Labute approximate surface area is 122 Å². The molecule has 0 aliphatic heterocycles. The molecule has 1 atom stereocenters. The highest BCUT2D eigenvalue weighted by molar-refractivity contribution is 6.30. The summed E-state index contributed by atoms with van der Waals surface area (Å²) in [5, 5.41) is 3.34. The maximum absolute atomic E-state index is 13.6. The normalized spacial score (nSPS) is 12.4. The lowest BCUT2D eigenvalue weighted by Gasteiger charge is -2.21. The molecule has 0 fully saturated rings. The molecule has 0 amide bonds. The molecule has 2 aromatic rings. The van der Waals surface area contributed by atoms with Crippen LogP contribution in [0.4, 0.5) is 8.78 Å². The van der Waals surface area contributed by atoms with Crippen molar-refractivity contribution in [3.8, 4) is 0 Å². The molecule has 0 spiro atoms. The van der Waals surface area contributed by atoms with Gasteiger partial charge in [-0.3, -0.25) is 0 Å². The van der Waals surface area contributed by atoms with Gasteiger partial charge < -0.3 is 5.32 Å². The minimum Gasteiger partial charge on any atom is -0.307 e. The SMILES string of the molecule is CCNC(c1ccc(Cl)c(F)c1)c1cc(F)ccc1C. The first-order valence-electron chi connectivity index (χ1n) is 6.47. The molecule has 4 heteroatoms. The predicted molar refractivity (Wildman–Crippen MR) is 78.1 cm³/mol. The molecule has 0 radical (unpaired) electrons. The average Bonchev–Trinajstić information content (AvgIpc) is 2.42. The summed E-state index contributed by atoms with van der Waals surface area (Å²) in [6.45, 7) is 4.55. The van der Waals surface area contributed by atoms with Gasteiger partial charge in [0.15, 0.2) is 0 Å². The van der Waals surface area contributed by atoms with Crippen molar-refractivity contribution in [3.05, 3.63) is 69.7 Å². The Morgan fingerprint density at radius 3 is 2.55 bits per heavy atom. The van der Waals surface area contributed by atoms with Gasteiger partial charge in [0.05, 0.1) is 11.1 Å². The van der Waals surface area contributed by atoms with E-state index in [2.05, 4.69) is 5.32 Å². The van der Waals surface area contributed by atoms with Crippen LogP contribution in [0.1, 0.15) is 29.7 Å². The van der Waals surface area contributed by atoms with Crippen LogP contribution < -0.4 is 5.32 Å². The summed E-state index contributed by atoms with van der Waals surface area (Å²) >= 11 is 5.71. The highest BCUT2D eigenvalue weighted by Crippen LogP contribution is 2.28. The second-order valence-electron chi connectivity index (χ2n) is 4.67. The molecular weight excluding hydrogens is 280 g/mol. The fourth-order valence-electron chi connectivity index (χ4n) is 2.23. The van der Waals surface area contributed by atoms with E-state index in [4.69, 9.17) is 11.6 Å². The summed E-state index contributed by atoms with van der Waals surface area (Å²) in [6, 6.07) is 9.03. The van der Waals surface area contributed by atoms with Gasteiger partial charge >= 0.3 is 0 Å². The molecule has 0 bridgehead atoms. The third kappa shape index (κ3) is 3.17. The lowest BCUT2D eigenvalue weighted by molar-refractivity contribution is 0.591. The second kappa shape index (κ2) is 6.33. The molecule has 0 aromatic heterocycles. The van der Waals surface area contributed by atoms with Crippen LogP contribution in [-0.2, 0) is 0 Å². The van der Waals surface area contributed by atoms with Gasteiger partial charge in [0.2, 0.25) is 0 Å². The molecule has 2 aromatic carbocycles. The summed E-state index contributed by atoms with van der Waals surface area (Å²) in [5.41, 5.74) is 2.48. The first-order valence-corrected chi connectivity index (χ1v) is 6.85. The molecule has 0 saturated carbocycles. The summed E-state index contributed by atoms with van der Waals surface area (Å²) in [4.78, 5) is 0. The van der Waals surface area contributed by atoms with Crippen molar-refractivity contribution < 1.29 is 8.78 Å². The molecule has 2 rings (SSSR count). The topological polar surface area (TPSA) is 12.0 Å². The lowest BCUT2D eigenvalue weighted by Crippen LogP contribution is -2.23. The highest BCUT2D eigenvalue weighted by atomic mass is 35.5. The molecule has 20 heavy (non-hydrogen) atoms. The quantitative estimate of drug-likeness (QED) is 0.867. The van der Waals surface area contributed by atoms with E-state index in [1.807, 2.05) is 13.8 Å². The smallest absolute Gasteiger partial charge is 0.142 e. The van der Waals surface area contributed by atoms with Crippen LogP contribution in [0.2, 0.25) is 5.02 Å². The van der Waals surface area contributed by atoms with Crippen LogP contribution in [0.15, 0.2) is 36.4 Å². The van der Waals surface area contributed by atoms with Crippen LogP contribution in [0.25, 0.3) is 0 Å². The summed E-state index contributed by atoms with van der Waals surface area (Å²) in [6.07, 6.45) is 0. The molecule has 0 heterocycles. The Bertz CT molecular complexity index is 613. The molecule has 0 aliphatic rings. The van der Waals surface area contributed by atoms with Crippen molar-refractivity contribution in [2.45, 2.75) is 19.9 Å². The molecular formula is C16H16ClF2N. The van der Waals surface area contributed by atoms with Gasteiger partial charge in [-0.25, -0.2) is 8.78 Å². The minimum atomic E-state index is -0.471. The predicted octanol–water partition coefficient (Wildman–Crippen LogP) is 4.63. The number of aryl methyl sites for hydroxylation is 1.